The third-order valence-corrected chi connectivity index (χ3v) is 13.6. The summed E-state index contributed by atoms with van der Waals surface area (Å²) in [4.78, 5) is -2.04. The molecule has 20 heteroatoms. The Balaban J connectivity index is 1.80. The molecule has 0 saturated heterocycles. The van der Waals surface area contributed by atoms with Gasteiger partial charge in [-0.15, -0.1) is 0 Å². The smallest absolute Gasteiger partial charge is 0.265 e. The van der Waals surface area contributed by atoms with Crippen LogP contribution in [-0.2, 0) is 57.2 Å². The van der Waals surface area contributed by atoms with Gasteiger partial charge in [0, 0.05) is 0 Å². The summed E-state index contributed by atoms with van der Waals surface area (Å²) < 4.78 is 127. The maximum Gasteiger partial charge on any atom is 0.298 e. The third kappa shape index (κ3) is 9.93. The molecule has 0 unspecified atom stereocenters. The highest BCUT2D eigenvalue weighted by Gasteiger charge is 2.41. The predicted molar refractivity (Wildman–Crippen MR) is 181 cm³/mol. The van der Waals surface area contributed by atoms with Gasteiger partial charge in [0.05, 0.1) is 51.9 Å². The zero-order chi connectivity index (χ0) is 36.1. The second-order valence-electron chi connectivity index (χ2n) is 10.1. The zero-order valence-corrected chi connectivity index (χ0v) is 30.9. The van der Waals surface area contributed by atoms with Crippen molar-refractivity contribution in [3.8, 4) is 0 Å². The number of hydrogen-bond acceptors (Lipinski definition) is 12. The normalized spacial score (nSPS) is 13.0. The Morgan fingerprint density at radius 1 is 0.367 bits per heavy atom. The number of benzene rings is 4. The van der Waals surface area contributed by atoms with Gasteiger partial charge in [-0.3, -0.25) is 16.7 Å². The first-order valence-corrected chi connectivity index (χ1v) is 20.6. The Morgan fingerprint density at radius 3 is 0.735 bits per heavy atom. The van der Waals surface area contributed by atoms with Crippen molar-refractivity contribution < 1.29 is 50.4 Å². The second-order valence-corrected chi connectivity index (χ2v) is 18.1. The van der Waals surface area contributed by atoms with E-state index in [4.69, 9.17) is 63.1 Å². The first kappa shape index (κ1) is 39.5. The molecule has 0 fully saturated rings. The van der Waals surface area contributed by atoms with Gasteiger partial charge >= 0.3 is 0 Å². The van der Waals surface area contributed by atoms with Crippen LogP contribution in [0.2, 0.25) is 20.1 Å². The Morgan fingerprint density at radius 2 is 0.551 bits per heavy atom. The van der Waals surface area contributed by atoms with E-state index in [1.165, 1.54) is 72.8 Å². The van der Waals surface area contributed by atoms with E-state index in [1.807, 2.05) is 0 Å². The van der Waals surface area contributed by atoms with Gasteiger partial charge in [0.1, 0.15) is 19.6 Å². The molecular formula is C29H24Cl4O12S4. The Hall–Kier alpha value is -2.32. The fourth-order valence-corrected chi connectivity index (χ4v) is 9.92. The van der Waals surface area contributed by atoms with E-state index in [-0.39, 0.29) is 20.1 Å². The van der Waals surface area contributed by atoms with Crippen molar-refractivity contribution in [2.75, 3.05) is 26.4 Å². The summed E-state index contributed by atoms with van der Waals surface area (Å²) in [6, 6.07) is 20.6. The second kappa shape index (κ2) is 15.9. The summed E-state index contributed by atoms with van der Waals surface area (Å²) in [6.07, 6.45) is 0. The van der Waals surface area contributed by atoms with E-state index in [9.17, 15) is 33.7 Å². The monoisotopic (exact) mass is 832 g/mol. The van der Waals surface area contributed by atoms with Gasteiger partial charge in [-0.05, 0) is 48.5 Å². The summed E-state index contributed by atoms with van der Waals surface area (Å²) in [5.74, 6) is 0. The molecule has 0 heterocycles. The molecule has 0 N–H and O–H groups in total. The molecule has 49 heavy (non-hydrogen) atoms. The van der Waals surface area contributed by atoms with Crippen LogP contribution >= 0.6 is 46.4 Å². The van der Waals surface area contributed by atoms with E-state index in [2.05, 4.69) is 0 Å². The number of rotatable bonds is 16. The number of hydrogen-bond donors (Lipinski definition) is 0. The summed E-state index contributed by atoms with van der Waals surface area (Å²) in [5.41, 5.74) is -2.36. The highest BCUT2D eigenvalue weighted by atomic mass is 35.5. The van der Waals surface area contributed by atoms with Gasteiger partial charge in [-0.2, -0.15) is 33.7 Å². The molecule has 4 aromatic carbocycles. The minimum Gasteiger partial charge on any atom is -0.265 e. The van der Waals surface area contributed by atoms with Gasteiger partial charge in [0.15, 0.2) is 0 Å². The van der Waals surface area contributed by atoms with Crippen molar-refractivity contribution in [1.82, 2.24) is 0 Å². The SMILES string of the molecule is O=S(=O)(OCC(COS(=O)(=O)c1ccccc1Cl)(COS(=O)(=O)c1ccccc1Cl)COS(=O)(=O)c1ccccc1Cl)c1ccccc1Cl. The predicted octanol–water partition coefficient (Wildman–Crippen LogP) is 6.21. The molecule has 4 rings (SSSR count). The van der Waals surface area contributed by atoms with Crippen molar-refractivity contribution in [1.29, 1.82) is 0 Å². The third-order valence-electron chi connectivity index (χ3n) is 6.51. The molecule has 0 aliphatic rings. The lowest BCUT2D eigenvalue weighted by atomic mass is 9.93. The van der Waals surface area contributed by atoms with Crippen LogP contribution in [0.25, 0.3) is 0 Å². The molecule has 0 aliphatic carbocycles. The minimum atomic E-state index is -4.77. The van der Waals surface area contributed by atoms with E-state index >= 15 is 0 Å². The molecule has 0 aromatic heterocycles. The summed E-state index contributed by atoms with van der Waals surface area (Å²) in [6.45, 7) is -4.69. The van der Waals surface area contributed by atoms with Crippen molar-refractivity contribution in [2.24, 2.45) is 5.41 Å². The summed E-state index contributed by atoms with van der Waals surface area (Å²) >= 11 is 24.2. The number of halogens is 4. The lowest BCUT2D eigenvalue weighted by Crippen LogP contribution is -2.44. The molecule has 264 valence electrons. The van der Waals surface area contributed by atoms with Crippen LogP contribution in [0.1, 0.15) is 0 Å². The van der Waals surface area contributed by atoms with Gasteiger partial charge < -0.3 is 0 Å². The standard InChI is InChI=1S/C29H24Cl4O12S4/c30-21-9-1-5-13-25(21)46(34,35)42-17-29(18-43-47(36,37)26-14-6-2-10-22(26)31,19-44-48(38,39)27-15-7-3-11-23(27)32)20-45-49(40,41)28-16-8-4-12-24(28)33/h1-16H,17-20H2. The van der Waals surface area contributed by atoms with Gasteiger partial charge in [-0.1, -0.05) is 94.9 Å². The van der Waals surface area contributed by atoms with Crippen LogP contribution in [0.3, 0.4) is 0 Å². The maximum absolute atomic E-state index is 13.3. The summed E-state index contributed by atoms with van der Waals surface area (Å²) in [7, 11) is -19.1. The van der Waals surface area contributed by atoms with Gasteiger partial charge in [0.25, 0.3) is 40.5 Å². The van der Waals surface area contributed by atoms with E-state index in [0.717, 1.165) is 24.3 Å². The Kier molecular flexibility index (Phi) is 12.8. The molecule has 0 bridgehead atoms. The Bertz CT molecular complexity index is 1940. The Labute approximate surface area is 303 Å². The van der Waals surface area contributed by atoms with Crippen LogP contribution in [-0.4, -0.2) is 60.1 Å². The van der Waals surface area contributed by atoms with Crippen molar-refractivity contribution in [2.45, 2.75) is 19.6 Å². The van der Waals surface area contributed by atoms with Gasteiger partial charge in [-0.25, -0.2) is 0 Å². The molecule has 0 aliphatic heterocycles. The topological polar surface area (TPSA) is 173 Å². The van der Waals surface area contributed by atoms with Crippen LogP contribution in [0.15, 0.2) is 117 Å². The van der Waals surface area contributed by atoms with Crippen LogP contribution < -0.4 is 0 Å². The molecule has 12 nitrogen and oxygen atoms in total. The molecule has 0 atom stereocenters. The molecular weight excluding hydrogens is 810 g/mol. The quantitative estimate of drug-likeness (QED) is 0.117. The zero-order valence-electron chi connectivity index (χ0n) is 24.6. The first-order valence-electron chi connectivity index (χ1n) is 13.5. The lowest BCUT2D eigenvalue weighted by Gasteiger charge is -2.31. The average molecular weight is 835 g/mol. The van der Waals surface area contributed by atoms with E-state index in [1.54, 1.807) is 0 Å². The molecule has 4 aromatic rings. The highest BCUT2D eigenvalue weighted by Crippen LogP contribution is 2.33. The van der Waals surface area contributed by atoms with Crippen LogP contribution in [0.4, 0.5) is 0 Å². The van der Waals surface area contributed by atoms with E-state index in [0.29, 0.717) is 0 Å². The van der Waals surface area contributed by atoms with Crippen LogP contribution in [0.5, 0.6) is 0 Å². The largest absolute Gasteiger partial charge is 0.298 e. The molecule has 0 saturated carbocycles. The van der Waals surface area contributed by atoms with Crippen molar-refractivity contribution in [3.05, 3.63) is 117 Å². The first-order chi connectivity index (χ1) is 22.9. The van der Waals surface area contributed by atoms with Crippen molar-refractivity contribution >= 4 is 86.9 Å². The molecule has 0 spiro atoms. The van der Waals surface area contributed by atoms with Crippen LogP contribution in [0, 0.1) is 5.41 Å². The molecule has 0 amide bonds. The van der Waals surface area contributed by atoms with E-state index < -0.39 is 91.9 Å². The average Bonchev–Trinajstić information content (AvgIpc) is 3.04. The highest BCUT2D eigenvalue weighted by molar-refractivity contribution is 7.87. The summed E-state index contributed by atoms with van der Waals surface area (Å²) in [5, 5.41) is -0.997. The fourth-order valence-electron chi connectivity index (χ4n) is 3.90. The molecule has 0 radical (unpaired) electrons. The minimum absolute atomic E-state index is 0.249. The fraction of sp³-hybridized carbons (Fsp3) is 0.172. The lowest BCUT2D eigenvalue weighted by molar-refractivity contribution is 0.00407. The maximum atomic E-state index is 13.3. The van der Waals surface area contributed by atoms with Crippen molar-refractivity contribution in [3.63, 3.8) is 0 Å². The van der Waals surface area contributed by atoms with Gasteiger partial charge in [0.2, 0.25) is 0 Å².